The van der Waals surface area contributed by atoms with E-state index < -0.39 is 0 Å². The van der Waals surface area contributed by atoms with Gasteiger partial charge in [-0.3, -0.25) is 9.59 Å². The number of hydrogen-bond acceptors (Lipinski definition) is 7. The van der Waals surface area contributed by atoms with Crippen molar-refractivity contribution in [2.45, 2.75) is 18.5 Å². The van der Waals surface area contributed by atoms with Gasteiger partial charge in [0.05, 0.1) is 33.6 Å². The third kappa shape index (κ3) is 3.86. The molecular formula is C21H19N5O2S2. The van der Waals surface area contributed by atoms with Crippen LogP contribution in [0.2, 0.25) is 0 Å². The third-order valence-corrected chi connectivity index (χ3v) is 6.15. The Morgan fingerprint density at radius 1 is 1.17 bits per heavy atom. The van der Waals surface area contributed by atoms with Crippen molar-refractivity contribution >= 4 is 39.9 Å². The number of nitrogens with one attached hydrogen (secondary N) is 1. The molecule has 3 heterocycles. The summed E-state index contributed by atoms with van der Waals surface area (Å²) in [6.45, 7) is 1.98. The second kappa shape index (κ2) is 8.37. The normalized spacial score (nSPS) is 11.0. The second-order valence-electron chi connectivity index (χ2n) is 6.69. The summed E-state index contributed by atoms with van der Waals surface area (Å²) < 4.78 is 0. The molecule has 152 valence electrons. The van der Waals surface area contributed by atoms with Gasteiger partial charge in [-0.1, -0.05) is 18.2 Å². The Balaban J connectivity index is 1.65. The molecule has 0 unspecified atom stereocenters. The molecule has 1 aromatic carbocycles. The molecule has 9 heteroatoms. The zero-order chi connectivity index (χ0) is 21.3. The largest absolute Gasteiger partial charge is 0.334 e. The zero-order valence-electron chi connectivity index (χ0n) is 16.7. The first kappa shape index (κ1) is 20.2. The number of aryl methyl sites for hydroxylation is 1. The highest BCUT2D eigenvalue weighted by atomic mass is 32.2. The van der Waals surface area contributed by atoms with Crippen LogP contribution in [-0.2, 0) is 6.54 Å². The number of carbonyl (C=O) groups excluding carboxylic acids is 1. The van der Waals surface area contributed by atoms with Gasteiger partial charge in [0.1, 0.15) is 10.9 Å². The summed E-state index contributed by atoms with van der Waals surface area (Å²) in [7, 11) is 1.67. The van der Waals surface area contributed by atoms with E-state index in [-0.39, 0.29) is 18.0 Å². The van der Waals surface area contributed by atoms with Gasteiger partial charge in [-0.05, 0) is 36.8 Å². The molecule has 1 N–H and O–H groups in total. The van der Waals surface area contributed by atoms with Crippen LogP contribution in [0.1, 0.15) is 21.9 Å². The zero-order valence-corrected chi connectivity index (χ0v) is 18.3. The number of fused-ring (bicyclic) bond motifs is 1. The number of para-hydroxylation sites is 1. The molecule has 30 heavy (non-hydrogen) atoms. The number of nitrogens with zero attached hydrogens (tertiary/aromatic N) is 4. The van der Waals surface area contributed by atoms with Gasteiger partial charge in [-0.25, -0.2) is 15.0 Å². The van der Waals surface area contributed by atoms with Crippen LogP contribution in [0, 0.1) is 6.92 Å². The predicted molar refractivity (Wildman–Crippen MR) is 120 cm³/mol. The first-order valence-electron chi connectivity index (χ1n) is 9.18. The first-order chi connectivity index (χ1) is 14.5. The van der Waals surface area contributed by atoms with Crippen molar-refractivity contribution in [3.63, 3.8) is 0 Å². The van der Waals surface area contributed by atoms with Gasteiger partial charge < -0.3 is 9.88 Å². The summed E-state index contributed by atoms with van der Waals surface area (Å²) in [5, 5.41) is 3.12. The summed E-state index contributed by atoms with van der Waals surface area (Å²) in [5.74, 6) is 0.825. The fraction of sp³-hybridized carbons (Fsp3) is 0.190. The number of amides is 1. The number of aromatic nitrogens is 4. The van der Waals surface area contributed by atoms with Crippen LogP contribution in [0.5, 0.6) is 0 Å². The molecule has 0 saturated heterocycles. The Kier molecular flexibility index (Phi) is 5.65. The van der Waals surface area contributed by atoms with E-state index in [4.69, 9.17) is 0 Å². The van der Waals surface area contributed by atoms with E-state index >= 15 is 0 Å². The SMILES string of the molecule is CSc1nc(-c2cccs2)nc(C)c1C(=O)N(C)Cc1nc2ccccc2c(=O)[nH]1. The van der Waals surface area contributed by atoms with Gasteiger partial charge in [0.2, 0.25) is 0 Å². The molecule has 0 spiro atoms. The van der Waals surface area contributed by atoms with E-state index in [0.29, 0.717) is 38.8 Å². The number of rotatable bonds is 5. The number of aromatic amines is 1. The Labute approximate surface area is 181 Å². The Morgan fingerprint density at radius 2 is 1.97 bits per heavy atom. The Hall–Kier alpha value is -3.04. The smallest absolute Gasteiger partial charge is 0.258 e. The summed E-state index contributed by atoms with van der Waals surface area (Å²) in [5.41, 5.74) is 1.46. The molecule has 0 saturated carbocycles. The second-order valence-corrected chi connectivity index (χ2v) is 8.43. The van der Waals surface area contributed by atoms with Gasteiger partial charge in [-0.2, -0.15) is 0 Å². The number of thiophene rings is 1. The fourth-order valence-electron chi connectivity index (χ4n) is 3.15. The molecule has 7 nitrogen and oxygen atoms in total. The fourth-order valence-corrected chi connectivity index (χ4v) is 4.43. The number of H-pyrrole nitrogens is 1. The van der Waals surface area contributed by atoms with Crippen LogP contribution in [-0.4, -0.2) is 44.0 Å². The van der Waals surface area contributed by atoms with Crippen LogP contribution in [0.3, 0.4) is 0 Å². The minimum atomic E-state index is -0.221. The first-order valence-corrected chi connectivity index (χ1v) is 11.3. The molecule has 1 amide bonds. The van der Waals surface area contributed by atoms with Crippen molar-refractivity contribution in [2.24, 2.45) is 0 Å². The van der Waals surface area contributed by atoms with Gasteiger partial charge in [0, 0.05) is 7.05 Å². The summed E-state index contributed by atoms with van der Waals surface area (Å²) >= 11 is 2.97. The molecule has 0 aliphatic carbocycles. The maximum absolute atomic E-state index is 13.2. The number of thioether (sulfide) groups is 1. The highest BCUT2D eigenvalue weighted by Crippen LogP contribution is 2.28. The summed E-state index contributed by atoms with van der Waals surface area (Å²) in [6.07, 6.45) is 1.89. The average Bonchev–Trinajstić information content (AvgIpc) is 3.27. The van der Waals surface area contributed by atoms with Gasteiger partial charge in [0.25, 0.3) is 11.5 Å². The van der Waals surface area contributed by atoms with Crippen molar-refractivity contribution in [3.8, 4) is 10.7 Å². The Bertz CT molecular complexity index is 1280. The highest BCUT2D eigenvalue weighted by Gasteiger charge is 2.23. The molecule has 0 aliphatic heterocycles. The monoisotopic (exact) mass is 437 g/mol. The maximum atomic E-state index is 13.2. The predicted octanol–water partition coefficient (Wildman–Crippen LogP) is 3.74. The van der Waals surface area contributed by atoms with Crippen LogP contribution >= 0.6 is 23.1 Å². The summed E-state index contributed by atoms with van der Waals surface area (Å²) in [6, 6.07) is 11.0. The number of benzene rings is 1. The van der Waals surface area contributed by atoms with E-state index in [2.05, 4.69) is 19.9 Å². The van der Waals surface area contributed by atoms with Crippen molar-refractivity contribution in [2.75, 3.05) is 13.3 Å². The lowest BCUT2D eigenvalue weighted by Crippen LogP contribution is -2.30. The lowest BCUT2D eigenvalue weighted by Gasteiger charge is -2.19. The molecule has 3 aromatic heterocycles. The van der Waals surface area contributed by atoms with Gasteiger partial charge >= 0.3 is 0 Å². The van der Waals surface area contributed by atoms with Crippen LogP contribution in [0.15, 0.2) is 51.6 Å². The van der Waals surface area contributed by atoms with Crippen LogP contribution < -0.4 is 5.56 Å². The lowest BCUT2D eigenvalue weighted by molar-refractivity contribution is 0.0776. The molecule has 0 bridgehead atoms. The molecule has 4 rings (SSSR count). The van der Waals surface area contributed by atoms with Crippen molar-refractivity contribution in [1.29, 1.82) is 0 Å². The van der Waals surface area contributed by atoms with Crippen molar-refractivity contribution in [1.82, 2.24) is 24.8 Å². The molecular weight excluding hydrogens is 418 g/mol. The summed E-state index contributed by atoms with van der Waals surface area (Å²) in [4.78, 5) is 44.4. The molecule has 4 aromatic rings. The maximum Gasteiger partial charge on any atom is 0.258 e. The van der Waals surface area contributed by atoms with Crippen LogP contribution in [0.4, 0.5) is 0 Å². The van der Waals surface area contributed by atoms with E-state index in [0.717, 1.165) is 4.88 Å². The highest BCUT2D eigenvalue weighted by molar-refractivity contribution is 7.98. The van der Waals surface area contributed by atoms with E-state index in [1.165, 1.54) is 16.7 Å². The standard InChI is InChI=1S/C21H19N5O2S2/c1-12-17(20(29-3)25-18(22-12)15-9-6-10-30-15)21(28)26(2)11-16-23-14-8-5-4-7-13(14)19(27)24-16/h4-10H,11H2,1-3H3,(H,23,24,27). The van der Waals surface area contributed by atoms with E-state index in [1.807, 2.05) is 36.8 Å². The average molecular weight is 438 g/mol. The van der Waals surface area contributed by atoms with Crippen molar-refractivity contribution < 1.29 is 4.79 Å². The minimum absolute atomic E-state index is 0.166. The van der Waals surface area contributed by atoms with E-state index in [1.54, 1.807) is 36.6 Å². The molecule has 0 radical (unpaired) electrons. The molecule has 0 aliphatic rings. The minimum Gasteiger partial charge on any atom is -0.334 e. The van der Waals surface area contributed by atoms with E-state index in [9.17, 15) is 9.59 Å². The topological polar surface area (TPSA) is 91.8 Å². The quantitative estimate of drug-likeness (QED) is 0.378. The number of carbonyl (C=O) groups is 1. The third-order valence-electron chi connectivity index (χ3n) is 4.60. The molecule has 0 atom stereocenters. The lowest BCUT2D eigenvalue weighted by atomic mass is 10.2. The Morgan fingerprint density at radius 3 is 2.70 bits per heavy atom. The van der Waals surface area contributed by atoms with Crippen LogP contribution in [0.25, 0.3) is 21.6 Å². The van der Waals surface area contributed by atoms with Gasteiger partial charge in [0.15, 0.2) is 5.82 Å². The van der Waals surface area contributed by atoms with Gasteiger partial charge in [-0.15, -0.1) is 23.1 Å². The number of hydrogen-bond donors (Lipinski definition) is 1. The van der Waals surface area contributed by atoms with Crippen molar-refractivity contribution in [3.05, 3.63) is 69.2 Å². The molecule has 0 fully saturated rings.